The highest BCUT2D eigenvalue weighted by molar-refractivity contribution is 5.14. The van der Waals surface area contributed by atoms with Crippen LogP contribution < -0.4 is 0 Å². The Hall–Kier alpha value is -0.930. The Kier molecular flexibility index (Phi) is 4.56. The second-order valence-electron chi connectivity index (χ2n) is 3.14. The molecule has 0 aromatic carbocycles. The maximum atomic E-state index is 5.10. The van der Waals surface area contributed by atoms with Crippen LogP contribution in [0.5, 0.6) is 0 Å². The first-order chi connectivity index (χ1) is 6.81. The zero-order valence-corrected chi connectivity index (χ0v) is 8.99. The summed E-state index contributed by atoms with van der Waals surface area (Å²) in [6, 6.07) is 4.01. The first-order valence-corrected chi connectivity index (χ1v) is 4.82. The van der Waals surface area contributed by atoms with Crippen molar-refractivity contribution in [1.82, 2.24) is 4.98 Å². The summed E-state index contributed by atoms with van der Waals surface area (Å²) >= 11 is 0. The number of hydrogen-bond donors (Lipinski definition) is 0. The first-order valence-electron chi connectivity index (χ1n) is 4.82. The molecule has 0 saturated carbocycles. The van der Waals surface area contributed by atoms with Crippen molar-refractivity contribution in [3.63, 3.8) is 0 Å². The summed E-state index contributed by atoms with van der Waals surface area (Å²) in [4.78, 5) is 4.29. The topological polar surface area (TPSA) is 31.4 Å². The Balaban J connectivity index is 2.71. The molecular formula is C11H17NO2. The zero-order valence-electron chi connectivity index (χ0n) is 8.99. The molecule has 0 saturated heterocycles. The average Bonchev–Trinajstić information content (AvgIpc) is 2.23. The van der Waals surface area contributed by atoms with Gasteiger partial charge in [-0.05, 0) is 18.1 Å². The zero-order chi connectivity index (χ0) is 10.4. The third-order valence-electron chi connectivity index (χ3n) is 2.06. The maximum absolute atomic E-state index is 5.10. The fourth-order valence-electron chi connectivity index (χ4n) is 1.35. The van der Waals surface area contributed by atoms with E-state index in [2.05, 4.69) is 18.0 Å². The minimum Gasteiger partial charge on any atom is -0.350 e. The van der Waals surface area contributed by atoms with Gasteiger partial charge in [-0.15, -0.1) is 0 Å². The molecule has 0 bridgehead atoms. The molecule has 78 valence electrons. The minimum atomic E-state index is -0.356. The van der Waals surface area contributed by atoms with Crippen LogP contribution >= 0.6 is 0 Å². The lowest BCUT2D eigenvalue weighted by atomic mass is 10.1. The highest BCUT2D eigenvalue weighted by atomic mass is 16.7. The number of hydrogen-bond acceptors (Lipinski definition) is 3. The van der Waals surface area contributed by atoms with Gasteiger partial charge in [0.2, 0.25) is 6.29 Å². The smallest absolute Gasteiger partial charge is 0.200 e. The van der Waals surface area contributed by atoms with Gasteiger partial charge in [0.1, 0.15) is 0 Å². The van der Waals surface area contributed by atoms with Gasteiger partial charge in [-0.2, -0.15) is 0 Å². The third kappa shape index (κ3) is 2.79. The van der Waals surface area contributed by atoms with E-state index in [0.717, 1.165) is 18.5 Å². The molecule has 1 heterocycles. The Morgan fingerprint density at radius 1 is 1.29 bits per heavy atom. The van der Waals surface area contributed by atoms with Crippen LogP contribution in [-0.4, -0.2) is 19.2 Å². The summed E-state index contributed by atoms with van der Waals surface area (Å²) in [6.07, 6.45) is 3.73. The Morgan fingerprint density at radius 2 is 2.00 bits per heavy atom. The van der Waals surface area contributed by atoms with E-state index in [-0.39, 0.29) is 6.29 Å². The number of aromatic nitrogens is 1. The summed E-state index contributed by atoms with van der Waals surface area (Å²) < 4.78 is 10.2. The molecule has 0 radical (unpaired) electrons. The van der Waals surface area contributed by atoms with E-state index in [1.54, 1.807) is 14.2 Å². The molecule has 0 atom stereocenters. The average molecular weight is 195 g/mol. The molecule has 14 heavy (non-hydrogen) atoms. The number of aryl methyl sites for hydroxylation is 1. The molecule has 0 aliphatic heterocycles. The van der Waals surface area contributed by atoms with Crippen LogP contribution in [0.2, 0.25) is 0 Å². The quantitative estimate of drug-likeness (QED) is 0.676. The molecule has 0 spiro atoms. The standard InChI is InChI=1S/C11H17NO2/c1-4-5-9-6-7-10(12-8-9)11(13-2)14-3/h6-8,11H,4-5H2,1-3H3. The van der Waals surface area contributed by atoms with Crippen LogP contribution in [0.1, 0.15) is 30.9 Å². The Bertz CT molecular complexity index is 254. The van der Waals surface area contributed by atoms with Crippen molar-refractivity contribution in [3.8, 4) is 0 Å². The van der Waals surface area contributed by atoms with Crippen molar-refractivity contribution in [2.75, 3.05) is 14.2 Å². The lowest BCUT2D eigenvalue weighted by molar-refractivity contribution is -0.108. The second-order valence-corrected chi connectivity index (χ2v) is 3.14. The van der Waals surface area contributed by atoms with Gasteiger partial charge in [-0.3, -0.25) is 4.98 Å². The molecule has 0 amide bonds. The van der Waals surface area contributed by atoms with E-state index < -0.39 is 0 Å². The van der Waals surface area contributed by atoms with Crippen LogP contribution in [-0.2, 0) is 15.9 Å². The minimum absolute atomic E-state index is 0.356. The molecule has 1 rings (SSSR count). The summed E-state index contributed by atoms with van der Waals surface area (Å²) in [5.74, 6) is 0. The summed E-state index contributed by atoms with van der Waals surface area (Å²) in [6.45, 7) is 2.15. The SMILES string of the molecule is CCCc1ccc(C(OC)OC)nc1. The van der Waals surface area contributed by atoms with E-state index in [4.69, 9.17) is 9.47 Å². The van der Waals surface area contributed by atoms with Gasteiger partial charge in [-0.25, -0.2) is 0 Å². The molecule has 0 aliphatic carbocycles. The summed E-state index contributed by atoms with van der Waals surface area (Å²) in [5, 5.41) is 0. The number of ether oxygens (including phenoxy) is 2. The largest absolute Gasteiger partial charge is 0.350 e. The molecule has 0 aliphatic rings. The highest BCUT2D eigenvalue weighted by Gasteiger charge is 2.09. The Morgan fingerprint density at radius 3 is 2.43 bits per heavy atom. The second kappa shape index (κ2) is 5.73. The fourth-order valence-corrected chi connectivity index (χ4v) is 1.35. The van der Waals surface area contributed by atoms with Gasteiger partial charge in [-0.1, -0.05) is 19.4 Å². The molecule has 3 heteroatoms. The number of nitrogens with zero attached hydrogens (tertiary/aromatic N) is 1. The molecule has 0 unspecified atom stereocenters. The molecule has 1 aromatic heterocycles. The van der Waals surface area contributed by atoms with E-state index in [9.17, 15) is 0 Å². The van der Waals surface area contributed by atoms with E-state index in [1.807, 2.05) is 12.3 Å². The maximum Gasteiger partial charge on any atom is 0.200 e. The van der Waals surface area contributed by atoms with Crippen LogP contribution in [0.3, 0.4) is 0 Å². The van der Waals surface area contributed by atoms with Crippen molar-refractivity contribution in [1.29, 1.82) is 0 Å². The lowest BCUT2D eigenvalue weighted by Gasteiger charge is -2.12. The summed E-state index contributed by atoms with van der Waals surface area (Å²) in [7, 11) is 3.21. The molecular weight excluding hydrogens is 178 g/mol. The third-order valence-corrected chi connectivity index (χ3v) is 2.06. The highest BCUT2D eigenvalue weighted by Crippen LogP contribution is 2.14. The van der Waals surface area contributed by atoms with Gasteiger partial charge in [0, 0.05) is 20.4 Å². The van der Waals surface area contributed by atoms with Crippen molar-refractivity contribution in [3.05, 3.63) is 29.6 Å². The normalized spacial score (nSPS) is 10.9. The van der Waals surface area contributed by atoms with Gasteiger partial charge in [0.05, 0.1) is 5.69 Å². The van der Waals surface area contributed by atoms with Crippen LogP contribution in [0, 0.1) is 0 Å². The van der Waals surface area contributed by atoms with Crippen LogP contribution in [0.15, 0.2) is 18.3 Å². The fraction of sp³-hybridized carbons (Fsp3) is 0.545. The van der Waals surface area contributed by atoms with Gasteiger partial charge >= 0.3 is 0 Å². The first kappa shape index (κ1) is 11.1. The van der Waals surface area contributed by atoms with Crippen molar-refractivity contribution >= 4 is 0 Å². The monoisotopic (exact) mass is 195 g/mol. The van der Waals surface area contributed by atoms with Crippen LogP contribution in [0.25, 0.3) is 0 Å². The van der Waals surface area contributed by atoms with E-state index >= 15 is 0 Å². The van der Waals surface area contributed by atoms with Gasteiger partial charge < -0.3 is 9.47 Å². The molecule has 1 aromatic rings. The number of methoxy groups -OCH3 is 2. The van der Waals surface area contributed by atoms with E-state index in [0.29, 0.717) is 0 Å². The van der Waals surface area contributed by atoms with Crippen molar-refractivity contribution in [2.24, 2.45) is 0 Å². The lowest BCUT2D eigenvalue weighted by Crippen LogP contribution is -2.05. The van der Waals surface area contributed by atoms with Gasteiger partial charge in [0.15, 0.2) is 0 Å². The van der Waals surface area contributed by atoms with Gasteiger partial charge in [0.25, 0.3) is 0 Å². The predicted molar refractivity (Wildman–Crippen MR) is 55.0 cm³/mol. The summed E-state index contributed by atoms with van der Waals surface area (Å²) in [5.41, 5.74) is 2.07. The van der Waals surface area contributed by atoms with Crippen molar-refractivity contribution < 1.29 is 9.47 Å². The number of pyridine rings is 1. The number of rotatable bonds is 5. The molecule has 0 fully saturated rings. The predicted octanol–water partition coefficient (Wildman–Crippen LogP) is 2.33. The van der Waals surface area contributed by atoms with Crippen LogP contribution in [0.4, 0.5) is 0 Å². The van der Waals surface area contributed by atoms with Crippen molar-refractivity contribution in [2.45, 2.75) is 26.1 Å². The molecule has 3 nitrogen and oxygen atoms in total. The Labute approximate surface area is 85.1 Å². The van der Waals surface area contributed by atoms with E-state index in [1.165, 1.54) is 5.56 Å². The molecule has 0 N–H and O–H groups in total.